The second-order valence-corrected chi connectivity index (χ2v) is 6.39. The first-order chi connectivity index (χ1) is 12.0. The summed E-state index contributed by atoms with van der Waals surface area (Å²) in [7, 11) is 0. The maximum absolute atomic E-state index is 13.6. The second-order valence-electron chi connectivity index (χ2n) is 6.39. The van der Waals surface area contributed by atoms with Crippen molar-refractivity contribution in [1.82, 2.24) is 4.57 Å². The minimum Gasteiger partial charge on any atom is -0.494 e. The van der Waals surface area contributed by atoms with E-state index < -0.39 is 17.0 Å². The van der Waals surface area contributed by atoms with Crippen LogP contribution in [-0.4, -0.2) is 14.8 Å². The van der Waals surface area contributed by atoms with Gasteiger partial charge in [0.2, 0.25) is 0 Å². The van der Waals surface area contributed by atoms with Gasteiger partial charge in [-0.05, 0) is 29.7 Å². The summed E-state index contributed by atoms with van der Waals surface area (Å²) in [5.41, 5.74) is 1.63. The van der Waals surface area contributed by atoms with Crippen LogP contribution in [0, 0.1) is 11.6 Å². The molecule has 0 saturated carbocycles. The van der Waals surface area contributed by atoms with E-state index in [1.807, 2.05) is 37.3 Å². The Hall–Kier alpha value is -2.82. The average molecular weight is 341 g/mol. The van der Waals surface area contributed by atoms with E-state index in [1.54, 1.807) is 0 Å². The number of aromatic nitrogens is 1. The third kappa shape index (κ3) is 2.15. The van der Waals surface area contributed by atoms with E-state index in [4.69, 9.17) is 0 Å². The monoisotopic (exact) mass is 341 g/mol. The molecule has 0 spiro atoms. The molecular formula is C20H17F2NO2. The van der Waals surface area contributed by atoms with Crippen LogP contribution in [-0.2, 0) is 12.0 Å². The SMILES string of the molecule is CCC1(c2cc(F)cc(F)c2)c2c1c(O)n(Cc1ccccc1)c2O. The maximum Gasteiger partial charge on any atom is 0.199 e. The topological polar surface area (TPSA) is 45.4 Å². The molecule has 3 nitrogen and oxygen atoms in total. The van der Waals surface area contributed by atoms with Gasteiger partial charge in [-0.15, -0.1) is 0 Å². The Balaban J connectivity index is 1.77. The van der Waals surface area contributed by atoms with Crippen LogP contribution in [0.3, 0.4) is 0 Å². The summed E-state index contributed by atoms with van der Waals surface area (Å²) in [5.74, 6) is -1.45. The van der Waals surface area contributed by atoms with Crippen molar-refractivity contribution >= 4 is 0 Å². The maximum atomic E-state index is 13.6. The number of hydrogen-bond acceptors (Lipinski definition) is 2. The molecule has 1 aliphatic rings. The average Bonchev–Trinajstić information content (AvgIpc) is 3.22. The standard InChI is InChI=1S/C20H17F2NO2/c1-2-20(13-8-14(21)10-15(22)9-13)16-17(20)19(25)23(18(16)24)11-12-6-4-3-5-7-12/h3-10,24-25H,2,11H2,1H3. The van der Waals surface area contributed by atoms with E-state index in [-0.39, 0.29) is 11.8 Å². The number of hydrogen-bond donors (Lipinski definition) is 2. The minimum absolute atomic E-state index is 0.0529. The van der Waals surface area contributed by atoms with Crippen molar-refractivity contribution in [3.8, 4) is 11.8 Å². The zero-order valence-corrected chi connectivity index (χ0v) is 13.6. The first-order valence-corrected chi connectivity index (χ1v) is 8.15. The molecule has 0 unspecified atom stereocenters. The van der Waals surface area contributed by atoms with Crippen molar-refractivity contribution in [2.45, 2.75) is 25.3 Å². The fraction of sp³-hybridized carbons (Fsp3) is 0.200. The molecule has 5 heteroatoms. The second kappa shape index (κ2) is 5.34. The number of aromatic hydroxyl groups is 2. The summed E-state index contributed by atoms with van der Waals surface area (Å²) in [4.78, 5) is 0. The fourth-order valence-electron chi connectivity index (χ4n) is 3.86. The Morgan fingerprint density at radius 3 is 2.00 bits per heavy atom. The first-order valence-electron chi connectivity index (χ1n) is 8.15. The van der Waals surface area contributed by atoms with Crippen molar-refractivity contribution in [2.75, 3.05) is 0 Å². The van der Waals surface area contributed by atoms with Gasteiger partial charge < -0.3 is 10.2 Å². The van der Waals surface area contributed by atoms with Crippen LogP contribution >= 0.6 is 0 Å². The summed E-state index contributed by atoms with van der Waals surface area (Å²) in [5, 5.41) is 21.2. The van der Waals surface area contributed by atoms with Crippen LogP contribution in [0.5, 0.6) is 11.8 Å². The summed E-state index contributed by atoms with van der Waals surface area (Å²) >= 11 is 0. The lowest BCUT2D eigenvalue weighted by atomic mass is 9.87. The molecular weight excluding hydrogens is 324 g/mol. The molecule has 0 radical (unpaired) electrons. The fourth-order valence-corrected chi connectivity index (χ4v) is 3.86. The normalized spacial score (nSPS) is 14.4. The highest BCUT2D eigenvalue weighted by molar-refractivity contribution is 5.76. The van der Waals surface area contributed by atoms with Gasteiger partial charge in [-0.3, -0.25) is 4.57 Å². The lowest BCUT2D eigenvalue weighted by Gasteiger charge is -2.20. The Morgan fingerprint density at radius 2 is 1.48 bits per heavy atom. The Bertz CT molecular complexity index is 916. The summed E-state index contributed by atoms with van der Waals surface area (Å²) < 4.78 is 28.7. The first kappa shape index (κ1) is 15.7. The van der Waals surface area contributed by atoms with Gasteiger partial charge in [-0.1, -0.05) is 37.3 Å². The largest absolute Gasteiger partial charge is 0.494 e. The van der Waals surface area contributed by atoms with Gasteiger partial charge in [-0.2, -0.15) is 0 Å². The van der Waals surface area contributed by atoms with Crippen LogP contribution in [0.25, 0.3) is 0 Å². The van der Waals surface area contributed by atoms with Crippen LogP contribution < -0.4 is 0 Å². The van der Waals surface area contributed by atoms with Gasteiger partial charge in [-0.25, -0.2) is 8.78 Å². The van der Waals surface area contributed by atoms with Crippen molar-refractivity contribution in [3.63, 3.8) is 0 Å². The van der Waals surface area contributed by atoms with Crippen molar-refractivity contribution in [2.24, 2.45) is 0 Å². The molecule has 25 heavy (non-hydrogen) atoms. The van der Waals surface area contributed by atoms with Crippen molar-refractivity contribution in [3.05, 3.63) is 82.4 Å². The van der Waals surface area contributed by atoms with Gasteiger partial charge in [0.15, 0.2) is 11.8 Å². The molecule has 1 aromatic heterocycles. The molecule has 1 aliphatic carbocycles. The third-order valence-corrected chi connectivity index (χ3v) is 5.07. The third-order valence-electron chi connectivity index (χ3n) is 5.07. The molecule has 2 aromatic carbocycles. The minimum atomic E-state index is -0.815. The van der Waals surface area contributed by atoms with Gasteiger partial charge in [0, 0.05) is 17.2 Å². The highest BCUT2D eigenvalue weighted by atomic mass is 19.1. The molecule has 3 aromatic rings. The highest BCUT2D eigenvalue weighted by Crippen LogP contribution is 2.66. The predicted molar refractivity (Wildman–Crippen MR) is 89.8 cm³/mol. The van der Waals surface area contributed by atoms with E-state index >= 15 is 0 Å². The van der Waals surface area contributed by atoms with E-state index in [2.05, 4.69) is 0 Å². The number of halogens is 2. The molecule has 1 heterocycles. The molecule has 0 fully saturated rings. The van der Waals surface area contributed by atoms with E-state index in [0.29, 0.717) is 29.7 Å². The Labute approximate surface area is 143 Å². The molecule has 0 atom stereocenters. The molecule has 128 valence electrons. The van der Waals surface area contributed by atoms with Gasteiger partial charge in [0.05, 0.1) is 12.0 Å². The van der Waals surface area contributed by atoms with E-state index in [9.17, 15) is 19.0 Å². The van der Waals surface area contributed by atoms with Crippen molar-refractivity contribution in [1.29, 1.82) is 0 Å². The number of rotatable bonds is 4. The van der Waals surface area contributed by atoms with Crippen LogP contribution in [0.15, 0.2) is 48.5 Å². The van der Waals surface area contributed by atoms with Gasteiger partial charge in [0.1, 0.15) is 11.6 Å². The predicted octanol–water partition coefficient (Wildman–Crippen LogP) is 4.28. The van der Waals surface area contributed by atoms with Crippen molar-refractivity contribution < 1.29 is 19.0 Å². The van der Waals surface area contributed by atoms with E-state index in [1.165, 1.54) is 16.7 Å². The molecule has 0 saturated heterocycles. The summed E-state index contributed by atoms with van der Waals surface area (Å²) in [6.07, 6.45) is 0.494. The number of benzene rings is 2. The van der Waals surface area contributed by atoms with E-state index in [0.717, 1.165) is 11.6 Å². The van der Waals surface area contributed by atoms with Crippen LogP contribution in [0.4, 0.5) is 8.78 Å². The van der Waals surface area contributed by atoms with Gasteiger partial charge >= 0.3 is 0 Å². The number of nitrogens with zero attached hydrogens (tertiary/aromatic N) is 1. The van der Waals surface area contributed by atoms with Crippen LogP contribution in [0.2, 0.25) is 0 Å². The Morgan fingerprint density at radius 1 is 0.920 bits per heavy atom. The highest BCUT2D eigenvalue weighted by Gasteiger charge is 2.58. The quantitative estimate of drug-likeness (QED) is 0.744. The summed E-state index contributed by atoms with van der Waals surface area (Å²) in [6.45, 7) is 2.19. The number of fused-ring (bicyclic) bond motifs is 1. The molecule has 0 aliphatic heterocycles. The Kier molecular flexibility index (Phi) is 3.35. The lowest BCUT2D eigenvalue weighted by Crippen LogP contribution is -2.14. The molecule has 0 amide bonds. The molecule has 0 bridgehead atoms. The summed E-state index contributed by atoms with van der Waals surface area (Å²) in [6, 6.07) is 12.8. The zero-order chi connectivity index (χ0) is 17.8. The van der Waals surface area contributed by atoms with Gasteiger partial charge in [0.25, 0.3) is 0 Å². The molecule has 4 rings (SSSR count). The smallest absolute Gasteiger partial charge is 0.199 e. The zero-order valence-electron chi connectivity index (χ0n) is 13.6. The lowest BCUT2D eigenvalue weighted by molar-refractivity contribution is 0.362. The molecule has 2 N–H and O–H groups in total. The van der Waals surface area contributed by atoms with Crippen LogP contribution in [0.1, 0.15) is 35.6 Å².